The van der Waals surface area contributed by atoms with Crippen LogP contribution in [0.2, 0.25) is 5.02 Å². The predicted octanol–water partition coefficient (Wildman–Crippen LogP) is 8.61. The summed E-state index contributed by atoms with van der Waals surface area (Å²) >= 11 is 7.70. The molecule has 0 aliphatic rings. The first-order valence-corrected chi connectivity index (χ1v) is 15.6. The molecule has 0 saturated heterocycles. The number of hydrogen-bond acceptors (Lipinski definition) is 5. The average molecular weight is 627 g/mol. The van der Waals surface area contributed by atoms with E-state index in [2.05, 4.69) is 6.07 Å². The predicted molar refractivity (Wildman–Crippen MR) is 167 cm³/mol. The van der Waals surface area contributed by atoms with Crippen molar-refractivity contribution in [3.05, 3.63) is 123 Å². The lowest BCUT2D eigenvalue weighted by Crippen LogP contribution is -2.14. The third-order valence-electron chi connectivity index (χ3n) is 7.14. The highest BCUT2D eigenvalue weighted by molar-refractivity contribution is 7.90. The second-order valence-corrected chi connectivity index (χ2v) is 12.9. The Labute approximate surface area is 255 Å². The smallest absolute Gasteiger partial charge is 0.335 e. The Bertz CT molecular complexity index is 2230. The van der Waals surface area contributed by atoms with Gasteiger partial charge < -0.3 is 5.11 Å². The third-order valence-corrected chi connectivity index (χ3v) is 10.0. The molecule has 10 heteroatoms. The van der Waals surface area contributed by atoms with Gasteiger partial charge in [-0.25, -0.2) is 21.6 Å². The van der Waals surface area contributed by atoms with Crippen molar-refractivity contribution in [1.82, 2.24) is 3.97 Å². The van der Waals surface area contributed by atoms with E-state index in [0.717, 1.165) is 5.56 Å². The normalized spacial score (nSPS) is 11.5. The van der Waals surface area contributed by atoms with E-state index >= 15 is 0 Å². The van der Waals surface area contributed by atoms with E-state index in [0.29, 0.717) is 38.1 Å². The second kappa shape index (κ2) is 10.8. The Balaban J connectivity index is 1.72. The molecule has 6 nitrogen and oxygen atoms in total. The molecule has 0 spiro atoms. The van der Waals surface area contributed by atoms with Crippen LogP contribution in [0, 0.1) is 24.1 Å². The number of hydrogen-bond donors (Lipinski definition) is 1. The Morgan fingerprint density at radius 3 is 2.40 bits per heavy atom. The first-order chi connectivity index (χ1) is 20.6. The highest BCUT2D eigenvalue weighted by Gasteiger charge is 2.30. The number of carboxylic acid groups (broad SMARTS) is 1. The van der Waals surface area contributed by atoms with Crippen LogP contribution >= 0.6 is 22.9 Å². The van der Waals surface area contributed by atoms with Crippen molar-refractivity contribution >= 4 is 49.8 Å². The van der Waals surface area contributed by atoms with Gasteiger partial charge in [0.25, 0.3) is 10.0 Å². The summed E-state index contributed by atoms with van der Waals surface area (Å²) in [6, 6.07) is 25.6. The number of thiophene rings is 1. The molecule has 4 aromatic carbocycles. The molecule has 0 unspecified atom stereocenters. The van der Waals surface area contributed by atoms with E-state index in [1.165, 1.54) is 57.8 Å². The van der Waals surface area contributed by atoms with Crippen LogP contribution in [0.1, 0.15) is 20.8 Å². The standard InChI is InChI=1S/C33H20ClFN2O4S2/c1-19-5-9-24(10-6-19)43(40,41)37-29-12-8-23(35)17-27(29)31(26-13-14-42-30(26)18-36)32(37)21-4-2-3-20(15-21)25-11-7-22(33(38)39)16-28(25)34/h2-17H,1H3,(H,38,39). The molecule has 43 heavy (non-hydrogen) atoms. The van der Waals surface area contributed by atoms with Crippen molar-refractivity contribution in [3.63, 3.8) is 0 Å². The van der Waals surface area contributed by atoms with Crippen LogP contribution in [-0.4, -0.2) is 23.5 Å². The first kappa shape index (κ1) is 28.4. The van der Waals surface area contributed by atoms with Gasteiger partial charge in [-0.2, -0.15) is 5.26 Å². The van der Waals surface area contributed by atoms with Crippen LogP contribution in [0.3, 0.4) is 0 Å². The fourth-order valence-electron chi connectivity index (χ4n) is 5.14. The van der Waals surface area contributed by atoms with E-state index in [1.807, 2.05) is 6.92 Å². The molecule has 6 rings (SSSR count). The highest BCUT2D eigenvalue weighted by Crippen LogP contribution is 2.46. The zero-order chi connectivity index (χ0) is 30.5. The molecule has 0 aliphatic heterocycles. The number of aromatic carboxylic acids is 1. The van der Waals surface area contributed by atoms with Crippen LogP contribution in [0.4, 0.5) is 4.39 Å². The van der Waals surface area contributed by atoms with Crippen LogP contribution in [-0.2, 0) is 10.0 Å². The number of carboxylic acids is 1. The third kappa shape index (κ3) is 4.89. The molecule has 2 aromatic heterocycles. The molecule has 0 atom stereocenters. The van der Waals surface area contributed by atoms with E-state index < -0.39 is 21.8 Å². The minimum Gasteiger partial charge on any atom is -0.478 e. The lowest BCUT2D eigenvalue weighted by molar-refractivity contribution is 0.0697. The van der Waals surface area contributed by atoms with Crippen LogP contribution in [0.15, 0.2) is 101 Å². The molecule has 0 aliphatic carbocycles. The monoisotopic (exact) mass is 626 g/mol. The van der Waals surface area contributed by atoms with Crippen molar-refractivity contribution < 1.29 is 22.7 Å². The Hall–Kier alpha value is -4.75. The molecule has 0 radical (unpaired) electrons. The molecule has 0 fully saturated rings. The minimum atomic E-state index is -4.24. The molecule has 0 saturated carbocycles. The van der Waals surface area contributed by atoms with Gasteiger partial charge in [-0.1, -0.05) is 53.6 Å². The van der Waals surface area contributed by atoms with E-state index in [-0.39, 0.29) is 26.7 Å². The van der Waals surface area contributed by atoms with Crippen molar-refractivity contribution in [2.45, 2.75) is 11.8 Å². The Morgan fingerprint density at radius 2 is 1.70 bits per heavy atom. The Kier molecular flexibility index (Phi) is 7.14. The van der Waals surface area contributed by atoms with Gasteiger partial charge in [-0.3, -0.25) is 0 Å². The summed E-state index contributed by atoms with van der Waals surface area (Å²) in [5.74, 6) is -1.67. The summed E-state index contributed by atoms with van der Waals surface area (Å²) in [5.41, 5.74) is 3.89. The lowest BCUT2D eigenvalue weighted by atomic mass is 9.96. The molecule has 0 amide bonds. The van der Waals surface area contributed by atoms with Crippen molar-refractivity contribution in [3.8, 4) is 39.6 Å². The number of carbonyl (C=O) groups is 1. The van der Waals surface area contributed by atoms with Crippen LogP contribution < -0.4 is 0 Å². The molecule has 6 aromatic rings. The van der Waals surface area contributed by atoms with Crippen LogP contribution in [0.5, 0.6) is 0 Å². The molecular weight excluding hydrogens is 607 g/mol. The van der Waals surface area contributed by atoms with Gasteiger partial charge in [0.2, 0.25) is 0 Å². The number of aromatic nitrogens is 1. The van der Waals surface area contributed by atoms with Gasteiger partial charge in [-0.05, 0) is 72.5 Å². The topological polar surface area (TPSA) is 100 Å². The van der Waals surface area contributed by atoms with Gasteiger partial charge in [0.15, 0.2) is 0 Å². The number of nitriles is 1. The number of aryl methyl sites for hydroxylation is 1. The van der Waals surface area contributed by atoms with Gasteiger partial charge >= 0.3 is 5.97 Å². The highest BCUT2D eigenvalue weighted by atomic mass is 35.5. The van der Waals surface area contributed by atoms with Crippen molar-refractivity contribution in [2.24, 2.45) is 0 Å². The SMILES string of the molecule is Cc1ccc(S(=O)(=O)n2c(-c3cccc(-c4ccc(C(=O)O)cc4Cl)c3)c(-c3ccsc3C#N)c3cc(F)ccc32)cc1. The quantitative estimate of drug-likeness (QED) is 0.199. The first-order valence-electron chi connectivity index (χ1n) is 12.9. The fourth-order valence-corrected chi connectivity index (χ4v) is 7.67. The maximum Gasteiger partial charge on any atom is 0.335 e. The maximum absolute atomic E-state index is 14.8. The molecule has 1 N–H and O–H groups in total. The minimum absolute atomic E-state index is 0.0278. The largest absolute Gasteiger partial charge is 0.478 e. The molecular formula is C33H20ClFN2O4S2. The zero-order valence-electron chi connectivity index (χ0n) is 22.4. The summed E-state index contributed by atoms with van der Waals surface area (Å²) in [7, 11) is -4.24. The van der Waals surface area contributed by atoms with Gasteiger partial charge in [-0.15, -0.1) is 11.3 Å². The Morgan fingerprint density at radius 1 is 0.953 bits per heavy atom. The van der Waals surface area contributed by atoms with E-state index in [1.54, 1.807) is 53.9 Å². The zero-order valence-corrected chi connectivity index (χ0v) is 24.8. The summed E-state index contributed by atoms with van der Waals surface area (Å²) in [5, 5.41) is 21.5. The maximum atomic E-state index is 14.8. The summed E-state index contributed by atoms with van der Waals surface area (Å²) in [4.78, 5) is 11.8. The number of halogens is 2. The van der Waals surface area contributed by atoms with E-state index in [9.17, 15) is 28.0 Å². The van der Waals surface area contributed by atoms with Crippen molar-refractivity contribution in [2.75, 3.05) is 0 Å². The van der Waals surface area contributed by atoms with Crippen molar-refractivity contribution in [1.29, 1.82) is 5.26 Å². The summed E-state index contributed by atoms with van der Waals surface area (Å²) in [6.45, 7) is 1.85. The molecule has 212 valence electrons. The van der Waals surface area contributed by atoms with Gasteiger partial charge in [0, 0.05) is 32.7 Å². The van der Waals surface area contributed by atoms with E-state index in [4.69, 9.17) is 11.6 Å². The van der Waals surface area contributed by atoms with Crippen LogP contribution in [0.25, 0.3) is 44.4 Å². The fraction of sp³-hybridized carbons (Fsp3) is 0.0303. The lowest BCUT2D eigenvalue weighted by Gasteiger charge is -2.15. The van der Waals surface area contributed by atoms with Gasteiger partial charge in [0.05, 0.1) is 21.7 Å². The summed E-state index contributed by atoms with van der Waals surface area (Å²) in [6.07, 6.45) is 0. The number of nitrogens with zero attached hydrogens (tertiary/aromatic N) is 2. The summed E-state index contributed by atoms with van der Waals surface area (Å²) < 4.78 is 44.8. The average Bonchev–Trinajstić information content (AvgIpc) is 3.59. The number of benzene rings is 4. The number of rotatable bonds is 6. The second-order valence-electron chi connectivity index (χ2n) is 9.82. The van der Waals surface area contributed by atoms with Gasteiger partial charge in [0.1, 0.15) is 16.8 Å². The molecule has 0 bridgehead atoms. The molecule has 2 heterocycles. The number of fused-ring (bicyclic) bond motifs is 1.